The third-order valence-corrected chi connectivity index (χ3v) is 4.81. The van der Waals surface area contributed by atoms with Gasteiger partial charge in [0.1, 0.15) is 17.4 Å². The summed E-state index contributed by atoms with van der Waals surface area (Å²) in [5, 5.41) is 4.14. The molecule has 28 heavy (non-hydrogen) atoms. The number of hydrogen-bond acceptors (Lipinski definition) is 6. The van der Waals surface area contributed by atoms with Crippen molar-refractivity contribution in [2.45, 2.75) is 18.9 Å². The Labute approximate surface area is 166 Å². The van der Waals surface area contributed by atoms with Gasteiger partial charge in [0.25, 0.3) is 0 Å². The first kappa shape index (κ1) is 18.5. The molecule has 1 aliphatic heterocycles. The minimum atomic E-state index is -0.426. The molecule has 0 spiro atoms. The maximum atomic E-state index is 12.5. The fourth-order valence-electron chi connectivity index (χ4n) is 3.41. The zero-order valence-corrected chi connectivity index (χ0v) is 15.8. The molecule has 0 saturated carbocycles. The number of piperidine rings is 1. The molecule has 0 atom stereocenters. The third-order valence-electron chi connectivity index (χ3n) is 4.81. The zero-order valence-electron chi connectivity index (χ0n) is 15.0. The van der Waals surface area contributed by atoms with Gasteiger partial charge in [0.2, 0.25) is 5.78 Å². The minimum Gasteiger partial charge on any atom is -0.490 e. The molecule has 1 aliphatic rings. The van der Waals surface area contributed by atoms with Crippen molar-refractivity contribution in [2.75, 3.05) is 13.1 Å². The lowest BCUT2D eigenvalue weighted by Gasteiger charge is -2.23. The summed E-state index contributed by atoms with van der Waals surface area (Å²) in [6.45, 7) is 1.93. The molecule has 1 fully saturated rings. The van der Waals surface area contributed by atoms with Gasteiger partial charge < -0.3 is 14.5 Å². The highest BCUT2D eigenvalue weighted by Crippen LogP contribution is 2.25. The largest absolute Gasteiger partial charge is 0.490 e. The zero-order chi connectivity index (χ0) is 18.2. The lowest BCUT2D eigenvalue weighted by molar-refractivity contribution is 0.162. The molecule has 8 heteroatoms. The van der Waals surface area contributed by atoms with E-state index in [1.165, 1.54) is 0 Å². The van der Waals surface area contributed by atoms with Crippen LogP contribution in [0.1, 0.15) is 12.8 Å². The van der Waals surface area contributed by atoms with Crippen molar-refractivity contribution < 1.29 is 9.15 Å². The quantitative estimate of drug-likeness (QED) is 0.534. The average molecular weight is 399 g/mol. The number of halogens is 1. The number of rotatable bonds is 3. The second-order valence-corrected chi connectivity index (χ2v) is 6.67. The number of nitrogens with one attached hydrogen (secondary N) is 1. The van der Waals surface area contributed by atoms with E-state index in [4.69, 9.17) is 9.15 Å². The summed E-state index contributed by atoms with van der Waals surface area (Å²) in [7, 11) is 0. The molecule has 0 amide bonds. The SMILES string of the molecule is Cl.O=c1oc2cc(OC3CCNCC3)ccc2cc1-c1cn2cccnc2n1. The van der Waals surface area contributed by atoms with Crippen molar-refractivity contribution in [1.82, 2.24) is 19.7 Å². The minimum absolute atomic E-state index is 0. The second kappa shape index (κ2) is 7.61. The van der Waals surface area contributed by atoms with Crippen LogP contribution in [0, 0.1) is 0 Å². The van der Waals surface area contributed by atoms with E-state index in [2.05, 4.69) is 15.3 Å². The molecule has 144 valence electrons. The summed E-state index contributed by atoms with van der Waals surface area (Å²) < 4.78 is 13.4. The topological polar surface area (TPSA) is 81.7 Å². The molecule has 4 aromatic rings. The van der Waals surface area contributed by atoms with Crippen LogP contribution in [0.5, 0.6) is 5.75 Å². The standard InChI is InChI=1S/C20H18N4O3.ClH/c25-19-16(17-12-24-9-1-6-22-20(24)23-17)10-13-2-3-15(11-18(13)27-19)26-14-4-7-21-8-5-14;/h1-3,6,9-12,14,21H,4-5,7-8H2;1H. The van der Waals surface area contributed by atoms with Crippen LogP contribution in [0.3, 0.4) is 0 Å². The highest BCUT2D eigenvalue weighted by molar-refractivity contribution is 5.85. The fraction of sp³-hybridized carbons (Fsp3) is 0.250. The molecule has 7 nitrogen and oxygen atoms in total. The highest BCUT2D eigenvalue weighted by Gasteiger charge is 2.16. The lowest BCUT2D eigenvalue weighted by Crippen LogP contribution is -2.34. The Morgan fingerprint density at radius 2 is 2.07 bits per heavy atom. The van der Waals surface area contributed by atoms with Gasteiger partial charge in [0.05, 0.1) is 11.3 Å². The van der Waals surface area contributed by atoms with E-state index < -0.39 is 5.63 Å². The van der Waals surface area contributed by atoms with Gasteiger partial charge in [-0.2, -0.15) is 0 Å². The maximum Gasteiger partial charge on any atom is 0.345 e. The number of aromatic nitrogens is 3. The molecule has 4 heterocycles. The number of ether oxygens (including phenoxy) is 1. The molecular formula is C20H19ClN4O3. The van der Waals surface area contributed by atoms with Crippen LogP contribution in [0.15, 0.2) is 58.1 Å². The first-order chi connectivity index (χ1) is 13.3. The molecule has 1 saturated heterocycles. The second-order valence-electron chi connectivity index (χ2n) is 6.67. The molecule has 0 radical (unpaired) electrons. The molecule has 5 rings (SSSR count). The number of benzene rings is 1. The summed E-state index contributed by atoms with van der Waals surface area (Å²) >= 11 is 0. The molecule has 0 unspecified atom stereocenters. The van der Waals surface area contributed by atoms with Crippen LogP contribution in [0.2, 0.25) is 0 Å². The van der Waals surface area contributed by atoms with Gasteiger partial charge in [0, 0.05) is 30.0 Å². The summed E-state index contributed by atoms with van der Waals surface area (Å²) in [5.74, 6) is 1.26. The van der Waals surface area contributed by atoms with Crippen LogP contribution >= 0.6 is 12.4 Å². The van der Waals surface area contributed by atoms with Crippen LogP contribution in [-0.2, 0) is 0 Å². The van der Waals surface area contributed by atoms with E-state index in [0.717, 1.165) is 37.1 Å². The Hall–Kier alpha value is -2.90. The normalized spacial score (nSPS) is 14.9. The van der Waals surface area contributed by atoms with Crippen molar-refractivity contribution in [3.8, 4) is 17.0 Å². The summed E-state index contributed by atoms with van der Waals surface area (Å²) in [6, 6.07) is 9.22. The van der Waals surface area contributed by atoms with Crippen molar-refractivity contribution in [3.63, 3.8) is 0 Å². The van der Waals surface area contributed by atoms with Gasteiger partial charge >= 0.3 is 5.63 Å². The Morgan fingerprint density at radius 3 is 2.89 bits per heavy atom. The summed E-state index contributed by atoms with van der Waals surface area (Å²) in [6.07, 6.45) is 7.42. The number of imidazole rings is 1. The molecular weight excluding hydrogens is 380 g/mol. The Bertz CT molecular complexity index is 1150. The van der Waals surface area contributed by atoms with Crippen LogP contribution < -0.4 is 15.7 Å². The van der Waals surface area contributed by atoms with Gasteiger partial charge in [-0.25, -0.2) is 14.8 Å². The fourth-order valence-corrected chi connectivity index (χ4v) is 3.41. The van der Waals surface area contributed by atoms with E-state index in [9.17, 15) is 4.79 Å². The molecule has 3 aromatic heterocycles. The third kappa shape index (κ3) is 3.46. The monoisotopic (exact) mass is 398 g/mol. The van der Waals surface area contributed by atoms with E-state index in [1.54, 1.807) is 28.9 Å². The average Bonchev–Trinajstić information content (AvgIpc) is 3.12. The van der Waals surface area contributed by atoms with Crippen molar-refractivity contribution in [3.05, 3.63) is 59.3 Å². The smallest absolute Gasteiger partial charge is 0.345 e. The van der Waals surface area contributed by atoms with E-state index in [-0.39, 0.29) is 18.5 Å². The molecule has 0 aliphatic carbocycles. The lowest BCUT2D eigenvalue weighted by atomic mass is 10.1. The Kier molecular flexibility index (Phi) is 5.02. The molecule has 1 N–H and O–H groups in total. The van der Waals surface area contributed by atoms with Crippen LogP contribution in [0.4, 0.5) is 0 Å². The first-order valence-corrected chi connectivity index (χ1v) is 9.02. The molecule has 1 aromatic carbocycles. The van der Waals surface area contributed by atoms with Crippen LogP contribution in [-0.4, -0.2) is 33.6 Å². The van der Waals surface area contributed by atoms with Gasteiger partial charge in [0.15, 0.2) is 0 Å². The van der Waals surface area contributed by atoms with E-state index >= 15 is 0 Å². The van der Waals surface area contributed by atoms with Crippen molar-refractivity contribution in [2.24, 2.45) is 0 Å². The van der Waals surface area contributed by atoms with E-state index in [0.29, 0.717) is 22.6 Å². The summed E-state index contributed by atoms with van der Waals surface area (Å²) in [4.78, 5) is 21.1. The predicted octanol–water partition coefficient (Wildman–Crippen LogP) is 3.06. The van der Waals surface area contributed by atoms with Crippen LogP contribution in [0.25, 0.3) is 28.0 Å². The van der Waals surface area contributed by atoms with Crippen molar-refractivity contribution in [1.29, 1.82) is 0 Å². The van der Waals surface area contributed by atoms with Gasteiger partial charge in [-0.1, -0.05) is 0 Å². The first-order valence-electron chi connectivity index (χ1n) is 9.02. The number of nitrogens with zero attached hydrogens (tertiary/aromatic N) is 3. The number of fused-ring (bicyclic) bond motifs is 2. The molecule has 0 bridgehead atoms. The highest BCUT2D eigenvalue weighted by atomic mass is 35.5. The van der Waals surface area contributed by atoms with Crippen molar-refractivity contribution >= 4 is 29.2 Å². The Morgan fingerprint density at radius 1 is 1.21 bits per heavy atom. The number of hydrogen-bond donors (Lipinski definition) is 1. The summed E-state index contributed by atoms with van der Waals surface area (Å²) in [5.41, 5.74) is 1.04. The van der Waals surface area contributed by atoms with Gasteiger partial charge in [-0.3, -0.25) is 4.40 Å². The maximum absolute atomic E-state index is 12.5. The predicted molar refractivity (Wildman–Crippen MR) is 108 cm³/mol. The Balaban J connectivity index is 0.00000192. The van der Waals surface area contributed by atoms with Gasteiger partial charge in [-0.05, 0) is 50.2 Å². The van der Waals surface area contributed by atoms with E-state index in [1.807, 2.05) is 24.4 Å². The van der Waals surface area contributed by atoms with Gasteiger partial charge in [-0.15, -0.1) is 12.4 Å².